The lowest BCUT2D eigenvalue weighted by Crippen LogP contribution is -2.40. The molecule has 1 amide bonds. The molecule has 182 valence electrons. The third-order valence-corrected chi connectivity index (χ3v) is 5.79. The summed E-state index contributed by atoms with van der Waals surface area (Å²) in [5, 5.41) is 17.0. The van der Waals surface area contributed by atoms with Crippen LogP contribution in [0.15, 0.2) is 36.4 Å². The molecule has 35 heavy (non-hydrogen) atoms. The number of rotatable bonds is 6. The molecule has 1 aromatic heterocycles. The number of methoxy groups -OCH3 is 2. The summed E-state index contributed by atoms with van der Waals surface area (Å²) in [4.78, 5) is 25.9. The lowest BCUT2D eigenvalue weighted by Gasteiger charge is -2.23. The molecule has 1 unspecified atom stereocenters. The Morgan fingerprint density at radius 2 is 1.77 bits per heavy atom. The van der Waals surface area contributed by atoms with E-state index in [0.717, 1.165) is 17.0 Å². The Morgan fingerprint density at radius 1 is 1.00 bits per heavy atom. The number of hydrogen-bond donors (Lipinski definition) is 1. The lowest BCUT2D eigenvalue weighted by atomic mass is 9.92. The fourth-order valence-electron chi connectivity index (χ4n) is 4.15. The summed E-state index contributed by atoms with van der Waals surface area (Å²) < 4.78 is 55.0. The van der Waals surface area contributed by atoms with Crippen LogP contribution in [0.25, 0.3) is 22.3 Å². The molecule has 2 aromatic carbocycles. The molecule has 1 saturated heterocycles. The van der Waals surface area contributed by atoms with Crippen LogP contribution in [0.5, 0.6) is 11.8 Å². The summed E-state index contributed by atoms with van der Waals surface area (Å²) in [6, 6.07) is 5.75. The van der Waals surface area contributed by atoms with Crippen molar-refractivity contribution in [1.29, 1.82) is 0 Å². The second kappa shape index (κ2) is 9.61. The van der Waals surface area contributed by atoms with E-state index in [4.69, 9.17) is 9.47 Å². The van der Waals surface area contributed by atoms with Gasteiger partial charge in [0.2, 0.25) is 11.8 Å². The van der Waals surface area contributed by atoms with Crippen LogP contribution in [0.2, 0.25) is 0 Å². The number of benzene rings is 2. The Bertz CT molecular complexity index is 1320. The Labute approximate surface area is 197 Å². The number of aliphatic carboxylic acids is 1. The first-order chi connectivity index (χ1) is 16.8. The Balaban J connectivity index is 1.97. The van der Waals surface area contributed by atoms with E-state index in [9.17, 15) is 23.5 Å². The van der Waals surface area contributed by atoms with E-state index >= 15 is 4.39 Å². The Hall–Kier alpha value is -4.15. The van der Waals surface area contributed by atoms with E-state index < -0.39 is 35.4 Å². The van der Waals surface area contributed by atoms with Gasteiger partial charge in [-0.05, 0) is 36.6 Å². The zero-order chi connectivity index (χ0) is 25.3. The molecule has 0 aliphatic carbocycles. The van der Waals surface area contributed by atoms with Crippen molar-refractivity contribution in [2.45, 2.75) is 18.9 Å². The molecule has 0 radical (unpaired) electrons. The fourth-order valence-corrected chi connectivity index (χ4v) is 4.15. The Morgan fingerprint density at radius 3 is 2.46 bits per heavy atom. The van der Waals surface area contributed by atoms with Gasteiger partial charge in [0.15, 0.2) is 11.6 Å². The zero-order valence-electron chi connectivity index (χ0n) is 18.7. The number of carbonyl (C=O) groups excluding carboxylic acids is 1. The molecule has 2 heterocycles. The molecule has 11 heteroatoms. The number of hydrogen-bond acceptors (Lipinski definition) is 6. The zero-order valence-corrected chi connectivity index (χ0v) is 18.7. The molecule has 3 aromatic rings. The van der Waals surface area contributed by atoms with Crippen LogP contribution in [-0.4, -0.2) is 58.9 Å². The van der Waals surface area contributed by atoms with Gasteiger partial charge in [0.05, 0.1) is 19.8 Å². The third kappa shape index (κ3) is 4.36. The molecule has 1 atom stereocenters. The van der Waals surface area contributed by atoms with E-state index in [0.29, 0.717) is 6.42 Å². The van der Waals surface area contributed by atoms with E-state index in [1.807, 2.05) is 0 Å². The van der Waals surface area contributed by atoms with Crippen LogP contribution in [-0.2, 0) is 4.79 Å². The van der Waals surface area contributed by atoms with Crippen molar-refractivity contribution in [3.8, 4) is 34.0 Å². The van der Waals surface area contributed by atoms with Crippen molar-refractivity contribution in [3.05, 3.63) is 59.4 Å². The predicted molar refractivity (Wildman–Crippen MR) is 118 cm³/mol. The second-order valence-electron chi connectivity index (χ2n) is 7.79. The van der Waals surface area contributed by atoms with E-state index in [2.05, 4.69) is 10.2 Å². The first kappa shape index (κ1) is 24.0. The van der Waals surface area contributed by atoms with Gasteiger partial charge in [0, 0.05) is 29.3 Å². The molecule has 1 fully saturated rings. The molecule has 1 N–H and O–H groups in total. The molecule has 1 aliphatic rings. The maximum absolute atomic E-state index is 15.7. The van der Waals surface area contributed by atoms with Crippen molar-refractivity contribution in [1.82, 2.24) is 15.1 Å². The van der Waals surface area contributed by atoms with Crippen molar-refractivity contribution in [3.63, 3.8) is 0 Å². The standard InChI is InChI=1S/C24H20F3N3O5/c1-34-19-11-15(22(35-2)29-28-19)20-14(13-5-3-6-16(25)21(13)27)9-12(10-17(20)26)23(31)30-8-4-7-18(30)24(32)33/h3,5-6,9-11,18H,4,7-8H2,1-2H3,(H,32,33). The van der Waals surface area contributed by atoms with Crippen molar-refractivity contribution < 1.29 is 37.3 Å². The molecule has 4 rings (SSSR count). The molecule has 0 saturated carbocycles. The quantitative estimate of drug-likeness (QED) is 0.562. The van der Waals surface area contributed by atoms with Crippen LogP contribution in [0, 0.1) is 17.5 Å². The van der Waals surface area contributed by atoms with Crippen molar-refractivity contribution >= 4 is 11.9 Å². The number of carboxylic acid groups (broad SMARTS) is 1. The average molecular weight is 487 g/mol. The van der Waals surface area contributed by atoms with E-state index in [-0.39, 0.29) is 52.5 Å². The Kier molecular flexibility index (Phi) is 6.59. The average Bonchev–Trinajstić information content (AvgIpc) is 3.35. The van der Waals surface area contributed by atoms with Gasteiger partial charge in [0.25, 0.3) is 5.91 Å². The third-order valence-electron chi connectivity index (χ3n) is 5.79. The molecule has 0 spiro atoms. The number of carbonyl (C=O) groups is 2. The molecular formula is C24H20F3N3O5. The van der Waals surface area contributed by atoms with Crippen LogP contribution in [0.3, 0.4) is 0 Å². The maximum atomic E-state index is 15.7. The largest absolute Gasteiger partial charge is 0.480 e. The van der Waals surface area contributed by atoms with Crippen LogP contribution < -0.4 is 9.47 Å². The number of halogens is 3. The van der Waals surface area contributed by atoms with E-state index in [1.165, 1.54) is 38.5 Å². The number of nitrogens with zero attached hydrogens (tertiary/aromatic N) is 3. The number of likely N-dealkylation sites (tertiary alicyclic amines) is 1. The SMILES string of the molecule is COc1cc(-c2c(F)cc(C(=O)N3CCCC3C(=O)O)cc2-c2cccc(F)c2F)c(OC)nn1. The highest BCUT2D eigenvalue weighted by molar-refractivity contribution is 6.00. The highest BCUT2D eigenvalue weighted by Crippen LogP contribution is 2.41. The number of amides is 1. The van der Waals surface area contributed by atoms with Gasteiger partial charge in [-0.3, -0.25) is 4.79 Å². The minimum Gasteiger partial charge on any atom is -0.480 e. The summed E-state index contributed by atoms with van der Waals surface area (Å²) in [6.07, 6.45) is 0.723. The summed E-state index contributed by atoms with van der Waals surface area (Å²) in [6.45, 7) is 0.169. The molecule has 1 aliphatic heterocycles. The summed E-state index contributed by atoms with van der Waals surface area (Å²) in [5.41, 5.74) is -0.898. The topological polar surface area (TPSA) is 102 Å². The van der Waals surface area contributed by atoms with Gasteiger partial charge in [-0.15, -0.1) is 10.2 Å². The normalized spacial score (nSPS) is 15.2. The fraction of sp³-hybridized carbons (Fsp3) is 0.250. The van der Waals surface area contributed by atoms with Gasteiger partial charge >= 0.3 is 5.97 Å². The predicted octanol–water partition coefficient (Wildman–Crippen LogP) is 3.93. The monoisotopic (exact) mass is 487 g/mol. The second-order valence-corrected chi connectivity index (χ2v) is 7.79. The smallest absolute Gasteiger partial charge is 0.326 e. The van der Waals surface area contributed by atoms with Gasteiger partial charge in [0.1, 0.15) is 11.9 Å². The number of aromatic nitrogens is 2. The molecule has 8 nitrogen and oxygen atoms in total. The summed E-state index contributed by atoms with van der Waals surface area (Å²) >= 11 is 0. The minimum atomic E-state index is -1.25. The molecule has 0 bridgehead atoms. The highest BCUT2D eigenvalue weighted by atomic mass is 19.2. The number of ether oxygens (including phenoxy) is 2. The maximum Gasteiger partial charge on any atom is 0.326 e. The van der Waals surface area contributed by atoms with Crippen LogP contribution in [0.1, 0.15) is 23.2 Å². The van der Waals surface area contributed by atoms with Crippen molar-refractivity contribution in [2.75, 3.05) is 20.8 Å². The van der Waals surface area contributed by atoms with Gasteiger partial charge in [-0.25, -0.2) is 18.0 Å². The first-order valence-electron chi connectivity index (χ1n) is 10.5. The summed E-state index contributed by atoms with van der Waals surface area (Å²) in [5.74, 6) is -5.42. The van der Waals surface area contributed by atoms with Crippen LogP contribution in [0.4, 0.5) is 13.2 Å². The first-order valence-corrected chi connectivity index (χ1v) is 10.5. The van der Waals surface area contributed by atoms with Gasteiger partial charge < -0.3 is 19.5 Å². The van der Waals surface area contributed by atoms with Crippen molar-refractivity contribution in [2.24, 2.45) is 0 Å². The van der Waals surface area contributed by atoms with E-state index in [1.54, 1.807) is 0 Å². The molecular weight excluding hydrogens is 467 g/mol. The van der Waals surface area contributed by atoms with Gasteiger partial charge in [-0.2, -0.15) is 0 Å². The van der Waals surface area contributed by atoms with Crippen LogP contribution >= 0.6 is 0 Å². The highest BCUT2D eigenvalue weighted by Gasteiger charge is 2.35. The number of carboxylic acids is 1. The lowest BCUT2D eigenvalue weighted by molar-refractivity contribution is -0.141. The minimum absolute atomic E-state index is 0.00684. The summed E-state index contributed by atoms with van der Waals surface area (Å²) in [7, 11) is 2.60. The van der Waals surface area contributed by atoms with Gasteiger partial charge in [-0.1, -0.05) is 12.1 Å².